The van der Waals surface area contributed by atoms with Crippen LogP contribution >= 0.6 is 7.14 Å². The lowest BCUT2D eigenvalue weighted by Gasteiger charge is -2.32. The molecule has 2 aromatic carbocycles. The quantitative estimate of drug-likeness (QED) is 0.240. The summed E-state index contributed by atoms with van der Waals surface area (Å²) in [5.74, 6) is -5.94. The summed E-state index contributed by atoms with van der Waals surface area (Å²) in [6.07, 6.45) is -4.71. The molecule has 1 atom stereocenters. The Kier molecular flexibility index (Phi) is 8.26. The van der Waals surface area contributed by atoms with E-state index in [1.807, 2.05) is 0 Å². The highest BCUT2D eigenvalue weighted by Crippen LogP contribution is 2.41. The summed E-state index contributed by atoms with van der Waals surface area (Å²) in [5.41, 5.74) is -1.92. The highest BCUT2D eigenvalue weighted by Gasteiger charge is 2.35. The van der Waals surface area contributed by atoms with E-state index in [-0.39, 0.29) is 42.3 Å². The number of hydrogen-bond donors (Lipinski definition) is 0. The van der Waals surface area contributed by atoms with Crippen LogP contribution in [0, 0.1) is 23.4 Å². The summed E-state index contributed by atoms with van der Waals surface area (Å²) >= 11 is 0. The third-order valence-corrected chi connectivity index (χ3v) is 8.31. The monoisotopic (exact) mass is 582 g/mol. The second-order valence-electron chi connectivity index (χ2n) is 10.0. The molecule has 212 valence electrons. The van der Waals surface area contributed by atoms with Crippen molar-refractivity contribution >= 4 is 29.8 Å². The van der Waals surface area contributed by atoms with Crippen molar-refractivity contribution < 1.29 is 40.5 Å². The molecule has 0 aliphatic carbocycles. The number of ketones is 1. The molecule has 1 fully saturated rings. The van der Waals surface area contributed by atoms with Crippen molar-refractivity contribution in [2.75, 3.05) is 24.8 Å². The van der Waals surface area contributed by atoms with Crippen LogP contribution in [0.25, 0.3) is 11.1 Å². The first-order valence-corrected chi connectivity index (χ1v) is 15.0. The average Bonchev–Trinajstić information content (AvgIpc) is 2.87. The molecule has 2 heterocycles. The zero-order valence-electron chi connectivity index (χ0n) is 21.6. The fourth-order valence-electron chi connectivity index (χ4n) is 4.79. The Labute approximate surface area is 226 Å². The van der Waals surface area contributed by atoms with Crippen LogP contribution in [-0.2, 0) is 26.8 Å². The molecule has 0 spiro atoms. The molecule has 0 N–H and O–H groups in total. The molecule has 4 rings (SSSR count). The number of amides is 1. The predicted molar refractivity (Wildman–Crippen MR) is 138 cm³/mol. The minimum atomic E-state index is -4.79. The number of benzene rings is 2. The molecule has 0 unspecified atom stereocenters. The lowest BCUT2D eigenvalue weighted by molar-refractivity contribution is -0.138. The molecule has 1 aromatic heterocycles. The second kappa shape index (κ2) is 11.2. The predicted octanol–water partition coefficient (Wildman–Crippen LogP) is 6.38. The molecule has 5 nitrogen and oxygen atoms in total. The van der Waals surface area contributed by atoms with Crippen molar-refractivity contribution in [3.63, 3.8) is 0 Å². The van der Waals surface area contributed by atoms with Crippen molar-refractivity contribution in [2.45, 2.75) is 31.9 Å². The van der Waals surface area contributed by atoms with E-state index in [9.17, 15) is 31.7 Å². The number of carbonyl (C=O) groups is 2. The van der Waals surface area contributed by atoms with E-state index in [2.05, 4.69) is 4.98 Å². The molecule has 0 saturated carbocycles. The van der Waals surface area contributed by atoms with E-state index in [1.54, 1.807) is 18.2 Å². The maximum absolute atomic E-state index is 15.3. The number of halogens is 6. The Morgan fingerprint density at radius 2 is 1.75 bits per heavy atom. The third kappa shape index (κ3) is 6.14. The summed E-state index contributed by atoms with van der Waals surface area (Å²) in [7, 11) is -2.83. The van der Waals surface area contributed by atoms with Crippen LogP contribution in [0.4, 0.5) is 32.0 Å². The highest BCUT2D eigenvalue weighted by molar-refractivity contribution is 7.70. The average molecular weight is 582 g/mol. The lowest BCUT2D eigenvalue weighted by atomic mass is 9.90. The molecule has 0 bridgehead atoms. The number of rotatable bonds is 7. The molecular weight excluding hydrogens is 557 g/mol. The topological polar surface area (TPSA) is 67.3 Å². The minimum Gasteiger partial charge on any atom is -0.319 e. The van der Waals surface area contributed by atoms with Crippen molar-refractivity contribution in [1.29, 1.82) is 0 Å². The van der Waals surface area contributed by atoms with Gasteiger partial charge in [0.2, 0.25) is 5.91 Å². The minimum absolute atomic E-state index is 0.0734. The van der Waals surface area contributed by atoms with Gasteiger partial charge in [0, 0.05) is 35.9 Å². The van der Waals surface area contributed by atoms with Gasteiger partial charge in [0.15, 0.2) is 11.6 Å². The number of piperidine rings is 1. The van der Waals surface area contributed by atoms with Gasteiger partial charge >= 0.3 is 6.18 Å². The third-order valence-electron chi connectivity index (χ3n) is 6.76. The molecule has 1 aliphatic rings. The van der Waals surface area contributed by atoms with Gasteiger partial charge in [0.25, 0.3) is 0 Å². The molecule has 40 heavy (non-hydrogen) atoms. The van der Waals surface area contributed by atoms with Gasteiger partial charge in [-0.25, -0.2) is 13.2 Å². The smallest absolute Gasteiger partial charge is 0.319 e. The highest BCUT2D eigenvalue weighted by atomic mass is 31.2. The SMILES string of the molecule is CP(C)(=O)c1ccccc1-c1ccc(N2CCC[C@@H](CC(=O)Cc3ncc(C(F)(F)F)cc3F)C2=O)c(F)c1F. The Bertz CT molecular complexity index is 1520. The van der Waals surface area contributed by atoms with Crippen molar-refractivity contribution in [3.8, 4) is 11.1 Å². The number of hydrogen-bond acceptors (Lipinski definition) is 4. The summed E-state index contributed by atoms with van der Waals surface area (Å²) in [5, 5.41) is 0.382. The first-order chi connectivity index (χ1) is 18.7. The van der Waals surface area contributed by atoms with Crippen LogP contribution in [0.3, 0.4) is 0 Å². The number of aromatic nitrogens is 1. The lowest BCUT2D eigenvalue weighted by Crippen LogP contribution is -2.42. The standard InChI is InChI=1S/C28H25F6N2O3P/c1-40(2,39)24-8-4-3-7-19(24)20-9-10-23(26(31)25(20)30)36-11-5-6-16(27(36)38)12-18(37)14-22-21(29)13-17(15-35-22)28(32,33)34/h3-4,7-10,13,15-16H,5-6,11-12,14H2,1-2H3/t16-/m0/s1. The first-order valence-electron chi connectivity index (χ1n) is 12.4. The van der Waals surface area contributed by atoms with Crippen LogP contribution in [0.5, 0.6) is 0 Å². The fourth-order valence-corrected chi connectivity index (χ4v) is 6.01. The molecule has 0 radical (unpaired) electrons. The summed E-state index contributed by atoms with van der Waals surface area (Å²) in [6, 6.07) is 9.20. The largest absolute Gasteiger partial charge is 0.417 e. The summed E-state index contributed by atoms with van der Waals surface area (Å²) in [4.78, 5) is 30.2. The van der Waals surface area contributed by atoms with Crippen molar-refractivity contribution in [1.82, 2.24) is 4.98 Å². The van der Waals surface area contributed by atoms with E-state index in [0.717, 1.165) is 4.90 Å². The second-order valence-corrected chi connectivity index (χ2v) is 13.2. The van der Waals surface area contributed by atoms with Crippen molar-refractivity contribution in [2.24, 2.45) is 5.92 Å². The van der Waals surface area contributed by atoms with Crippen LogP contribution in [0.2, 0.25) is 0 Å². The van der Waals surface area contributed by atoms with Gasteiger partial charge in [-0.1, -0.05) is 24.3 Å². The molecule has 1 amide bonds. The number of Topliss-reactive ketones (excluding diaryl/α,β-unsaturated/α-hetero) is 1. The van der Waals surface area contributed by atoms with E-state index >= 15 is 8.78 Å². The Hall–Kier alpha value is -3.46. The Balaban J connectivity index is 1.53. The number of nitrogens with zero attached hydrogens (tertiary/aromatic N) is 2. The van der Waals surface area contributed by atoms with Gasteiger partial charge < -0.3 is 9.46 Å². The van der Waals surface area contributed by atoms with E-state index in [1.165, 1.54) is 31.5 Å². The maximum atomic E-state index is 15.3. The van der Waals surface area contributed by atoms with E-state index in [4.69, 9.17) is 0 Å². The number of alkyl halides is 3. The number of anilines is 1. The number of carbonyl (C=O) groups excluding carboxylic acids is 2. The summed E-state index contributed by atoms with van der Waals surface area (Å²) in [6.45, 7) is 3.11. The first kappa shape index (κ1) is 29.5. The molecule has 1 aliphatic heterocycles. The normalized spacial score (nSPS) is 16.4. The maximum Gasteiger partial charge on any atom is 0.417 e. The zero-order valence-corrected chi connectivity index (χ0v) is 22.5. The van der Waals surface area contributed by atoms with Crippen LogP contribution in [0.1, 0.15) is 30.5 Å². The van der Waals surface area contributed by atoms with Gasteiger partial charge in [-0.05, 0) is 49.9 Å². The molecule has 3 aromatic rings. The molecule has 1 saturated heterocycles. The van der Waals surface area contributed by atoms with Gasteiger partial charge in [0.05, 0.1) is 23.4 Å². The van der Waals surface area contributed by atoms with Gasteiger partial charge in [-0.2, -0.15) is 13.2 Å². The summed E-state index contributed by atoms with van der Waals surface area (Å²) < 4.78 is 95.7. The van der Waals surface area contributed by atoms with Gasteiger partial charge in [-0.15, -0.1) is 0 Å². The molecule has 12 heteroatoms. The van der Waals surface area contributed by atoms with Crippen LogP contribution in [-0.4, -0.2) is 36.5 Å². The van der Waals surface area contributed by atoms with Gasteiger partial charge in [0.1, 0.15) is 18.7 Å². The molecular formula is C28H25F6N2O3P. The van der Waals surface area contributed by atoms with E-state index in [0.29, 0.717) is 17.9 Å². The number of pyridine rings is 1. The fraction of sp³-hybridized carbons (Fsp3) is 0.321. The van der Waals surface area contributed by atoms with Crippen LogP contribution < -0.4 is 10.2 Å². The van der Waals surface area contributed by atoms with Gasteiger partial charge in [-0.3, -0.25) is 14.6 Å². The van der Waals surface area contributed by atoms with Crippen LogP contribution in [0.15, 0.2) is 48.7 Å². The Morgan fingerprint density at radius 3 is 2.40 bits per heavy atom. The Morgan fingerprint density at radius 1 is 1.05 bits per heavy atom. The van der Waals surface area contributed by atoms with E-state index < -0.39 is 66.1 Å². The van der Waals surface area contributed by atoms with Crippen molar-refractivity contribution in [3.05, 3.63) is 77.4 Å². The zero-order chi connectivity index (χ0) is 29.4.